The lowest BCUT2D eigenvalue weighted by molar-refractivity contribution is -0.123. The van der Waals surface area contributed by atoms with Crippen LogP contribution in [0.1, 0.15) is 12.0 Å². The number of hydrogen-bond donors (Lipinski definition) is 1. The highest BCUT2D eigenvalue weighted by Gasteiger charge is 2.01. The van der Waals surface area contributed by atoms with Gasteiger partial charge in [0.25, 0.3) is 5.91 Å². The maximum Gasteiger partial charge on any atom is 0.257 e. The van der Waals surface area contributed by atoms with Crippen LogP contribution in [-0.4, -0.2) is 32.8 Å². The van der Waals surface area contributed by atoms with Gasteiger partial charge in [-0.05, 0) is 31.0 Å². The van der Waals surface area contributed by atoms with Crippen molar-refractivity contribution in [2.75, 3.05) is 26.9 Å². The highest BCUT2D eigenvalue weighted by molar-refractivity contribution is 5.77. The second kappa shape index (κ2) is 7.68. The van der Waals surface area contributed by atoms with E-state index in [1.54, 1.807) is 7.11 Å². The Morgan fingerprint density at radius 1 is 1.41 bits per heavy atom. The molecule has 0 saturated carbocycles. The van der Waals surface area contributed by atoms with Crippen LogP contribution in [0.4, 0.5) is 0 Å². The average Bonchev–Trinajstić information content (AvgIpc) is 2.32. The summed E-state index contributed by atoms with van der Waals surface area (Å²) in [6.45, 7) is 3.30. The van der Waals surface area contributed by atoms with Crippen molar-refractivity contribution in [3.8, 4) is 5.75 Å². The number of carbonyl (C=O) groups excluding carboxylic acids is 1. The second-order valence-corrected chi connectivity index (χ2v) is 3.80. The van der Waals surface area contributed by atoms with Crippen molar-refractivity contribution in [1.29, 1.82) is 0 Å². The molecule has 0 spiro atoms. The van der Waals surface area contributed by atoms with Gasteiger partial charge < -0.3 is 14.8 Å². The van der Waals surface area contributed by atoms with E-state index in [4.69, 9.17) is 9.47 Å². The Balaban J connectivity index is 2.19. The maximum absolute atomic E-state index is 11.4. The number of methoxy groups -OCH3 is 1. The molecule has 0 atom stereocenters. The van der Waals surface area contributed by atoms with Crippen molar-refractivity contribution < 1.29 is 14.3 Å². The summed E-state index contributed by atoms with van der Waals surface area (Å²) < 4.78 is 10.2. The van der Waals surface area contributed by atoms with Gasteiger partial charge in [0, 0.05) is 20.3 Å². The number of nitrogens with one attached hydrogen (secondary N) is 1. The van der Waals surface area contributed by atoms with Gasteiger partial charge in [0.2, 0.25) is 0 Å². The minimum atomic E-state index is -0.109. The van der Waals surface area contributed by atoms with Gasteiger partial charge in [0.05, 0.1) is 0 Å². The summed E-state index contributed by atoms with van der Waals surface area (Å²) in [6, 6.07) is 7.63. The van der Waals surface area contributed by atoms with E-state index in [-0.39, 0.29) is 12.5 Å². The first-order valence-electron chi connectivity index (χ1n) is 5.67. The van der Waals surface area contributed by atoms with Crippen LogP contribution < -0.4 is 10.1 Å². The number of aryl methyl sites for hydroxylation is 1. The Kier molecular flexibility index (Phi) is 6.10. The number of benzene rings is 1. The van der Waals surface area contributed by atoms with E-state index in [0.717, 1.165) is 17.7 Å². The molecule has 0 bridgehead atoms. The molecule has 0 aliphatic heterocycles. The van der Waals surface area contributed by atoms with Crippen molar-refractivity contribution >= 4 is 5.91 Å². The molecule has 0 unspecified atom stereocenters. The first kappa shape index (κ1) is 13.5. The second-order valence-electron chi connectivity index (χ2n) is 3.80. The number of rotatable bonds is 7. The Morgan fingerprint density at radius 3 is 2.94 bits per heavy atom. The minimum Gasteiger partial charge on any atom is -0.484 e. The third-order valence-corrected chi connectivity index (χ3v) is 2.21. The fourth-order valence-corrected chi connectivity index (χ4v) is 1.35. The van der Waals surface area contributed by atoms with Gasteiger partial charge in [-0.1, -0.05) is 12.1 Å². The van der Waals surface area contributed by atoms with Crippen molar-refractivity contribution in [3.63, 3.8) is 0 Å². The van der Waals surface area contributed by atoms with E-state index >= 15 is 0 Å². The van der Waals surface area contributed by atoms with Crippen LogP contribution in [0, 0.1) is 6.92 Å². The average molecular weight is 237 g/mol. The SMILES string of the molecule is COCCCNC(=O)COc1cccc(C)c1. The van der Waals surface area contributed by atoms with Crippen molar-refractivity contribution in [2.45, 2.75) is 13.3 Å². The van der Waals surface area contributed by atoms with E-state index in [9.17, 15) is 4.79 Å². The Labute approximate surface area is 102 Å². The molecule has 94 valence electrons. The summed E-state index contributed by atoms with van der Waals surface area (Å²) in [5.74, 6) is 0.611. The predicted octanol–water partition coefficient (Wildman–Crippen LogP) is 1.53. The number of hydrogen-bond acceptors (Lipinski definition) is 3. The molecule has 1 aromatic carbocycles. The zero-order chi connectivity index (χ0) is 12.5. The van der Waals surface area contributed by atoms with Crippen LogP contribution in [0.5, 0.6) is 5.75 Å². The fraction of sp³-hybridized carbons (Fsp3) is 0.462. The molecule has 0 saturated heterocycles. The molecular weight excluding hydrogens is 218 g/mol. The minimum absolute atomic E-state index is 0.0520. The van der Waals surface area contributed by atoms with Crippen LogP contribution in [-0.2, 0) is 9.53 Å². The smallest absolute Gasteiger partial charge is 0.257 e. The number of amides is 1. The van der Waals surface area contributed by atoms with Gasteiger partial charge in [0.1, 0.15) is 5.75 Å². The molecule has 4 heteroatoms. The maximum atomic E-state index is 11.4. The normalized spacial score (nSPS) is 10.0. The molecule has 0 heterocycles. The summed E-state index contributed by atoms with van der Waals surface area (Å²) in [5, 5.41) is 2.76. The van der Waals surface area contributed by atoms with Gasteiger partial charge in [-0.25, -0.2) is 0 Å². The van der Waals surface area contributed by atoms with Crippen molar-refractivity contribution in [2.24, 2.45) is 0 Å². The van der Waals surface area contributed by atoms with Crippen LogP contribution in [0.25, 0.3) is 0 Å². The van der Waals surface area contributed by atoms with E-state index in [2.05, 4.69) is 5.32 Å². The summed E-state index contributed by atoms with van der Waals surface area (Å²) >= 11 is 0. The predicted molar refractivity (Wildman–Crippen MR) is 66.2 cm³/mol. The largest absolute Gasteiger partial charge is 0.484 e. The lowest BCUT2D eigenvalue weighted by atomic mass is 10.2. The quantitative estimate of drug-likeness (QED) is 0.731. The van der Waals surface area contributed by atoms with Crippen LogP contribution >= 0.6 is 0 Å². The van der Waals surface area contributed by atoms with Crippen LogP contribution in [0.15, 0.2) is 24.3 Å². The molecule has 0 aromatic heterocycles. The molecule has 0 radical (unpaired) electrons. The van der Waals surface area contributed by atoms with Crippen molar-refractivity contribution in [1.82, 2.24) is 5.32 Å². The molecule has 1 aromatic rings. The molecule has 0 aliphatic carbocycles. The first-order chi connectivity index (χ1) is 8.22. The van der Waals surface area contributed by atoms with Crippen LogP contribution in [0.3, 0.4) is 0 Å². The molecule has 0 fully saturated rings. The third kappa shape index (κ3) is 5.92. The standard InChI is InChI=1S/C13H19NO3/c1-11-5-3-6-12(9-11)17-10-13(15)14-7-4-8-16-2/h3,5-6,9H,4,7-8,10H2,1-2H3,(H,14,15). The number of ether oxygens (including phenoxy) is 2. The lowest BCUT2D eigenvalue weighted by Gasteiger charge is -2.07. The topological polar surface area (TPSA) is 47.6 Å². The number of carbonyl (C=O) groups is 1. The molecule has 1 amide bonds. The lowest BCUT2D eigenvalue weighted by Crippen LogP contribution is -2.30. The molecule has 1 rings (SSSR count). The summed E-state index contributed by atoms with van der Waals surface area (Å²) in [4.78, 5) is 11.4. The highest BCUT2D eigenvalue weighted by atomic mass is 16.5. The van der Waals surface area contributed by atoms with E-state index in [0.29, 0.717) is 13.2 Å². The Bertz CT molecular complexity index is 352. The van der Waals surface area contributed by atoms with Gasteiger partial charge in [-0.2, -0.15) is 0 Å². The zero-order valence-electron chi connectivity index (χ0n) is 10.4. The van der Waals surface area contributed by atoms with Gasteiger partial charge >= 0.3 is 0 Å². The Hall–Kier alpha value is -1.55. The third-order valence-electron chi connectivity index (χ3n) is 2.21. The van der Waals surface area contributed by atoms with Crippen LogP contribution in [0.2, 0.25) is 0 Å². The summed E-state index contributed by atoms with van der Waals surface area (Å²) in [6.07, 6.45) is 0.812. The van der Waals surface area contributed by atoms with Gasteiger partial charge in [0.15, 0.2) is 6.61 Å². The van der Waals surface area contributed by atoms with Gasteiger partial charge in [-0.15, -0.1) is 0 Å². The summed E-state index contributed by atoms with van der Waals surface area (Å²) in [7, 11) is 1.64. The van der Waals surface area contributed by atoms with Crippen molar-refractivity contribution in [3.05, 3.63) is 29.8 Å². The molecule has 0 aliphatic rings. The molecule has 1 N–H and O–H groups in total. The fourth-order valence-electron chi connectivity index (χ4n) is 1.35. The van der Waals surface area contributed by atoms with Gasteiger partial charge in [-0.3, -0.25) is 4.79 Å². The Morgan fingerprint density at radius 2 is 2.24 bits per heavy atom. The monoisotopic (exact) mass is 237 g/mol. The molecule has 17 heavy (non-hydrogen) atoms. The molecule has 4 nitrogen and oxygen atoms in total. The van der Waals surface area contributed by atoms with E-state index < -0.39 is 0 Å². The molecular formula is C13H19NO3. The van der Waals surface area contributed by atoms with E-state index in [1.807, 2.05) is 31.2 Å². The zero-order valence-corrected chi connectivity index (χ0v) is 10.4. The highest BCUT2D eigenvalue weighted by Crippen LogP contribution is 2.11. The first-order valence-corrected chi connectivity index (χ1v) is 5.67. The van der Waals surface area contributed by atoms with E-state index in [1.165, 1.54) is 0 Å². The summed E-state index contributed by atoms with van der Waals surface area (Å²) in [5.41, 5.74) is 1.11.